The number of rotatable bonds is 9. The standard InChI is InChI=1S/C29H31N3O4/c1-20-7-6-8-21(2)28(20)31-26(33)19-36-25-13-11-24(12-14-25)32-18-23(17-27(32)34)29(35)30-16-15-22-9-4-3-5-10-22/h3-14,23H,15-19H2,1-2H3,(H,30,35)(H,31,33)/t23-/m0/s1. The molecule has 0 spiro atoms. The van der Waals surface area contributed by atoms with Gasteiger partial charge < -0.3 is 20.3 Å². The van der Waals surface area contributed by atoms with Crippen LogP contribution in [0.3, 0.4) is 0 Å². The van der Waals surface area contributed by atoms with Crippen LogP contribution < -0.4 is 20.3 Å². The molecule has 3 amide bonds. The number of aryl methyl sites for hydroxylation is 2. The van der Waals surface area contributed by atoms with E-state index in [9.17, 15) is 14.4 Å². The second kappa shape index (κ2) is 11.5. The number of amides is 3. The molecule has 186 valence electrons. The first-order valence-corrected chi connectivity index (χ1v) is 12.1. The summed E-state index contributed by atoms with van der Waals surface area (Å²) in [5.74, 6) is -0.279. The van der Waals surface area contributed by atoms with E-state index in [0.29, 0.717) is 24.5 Å². The van der Waals surface area contributed by atoms with Gasteiger partial charge in [0.05, 0.1) is 5.92 Å². The molecule has 1 heterocycles. The number of hydrogen-bond acceptors (Lipinski definition) is 4. The van der Waals surface area contributed by atoms with Crippen LogP contribution in [0.25, 0.3) is 0 Å². The Morgan fingerprint density at radius 2 is 1.64 bits per heavy atom. The Hall–Kier alpha value is -4.13. The van der Waals surface area contributed by atoms with Crippen LogP contribution in [-0.4, -0.2) is 37.4 Å². The van der Waals surface area contributed by atoms with Crippen molar-refractivity contribution in [2.75, 3.05) is 29.9 Å². The SMILES string of the molecule is Cc1cccc(C)c1NC(=O)COc1ccc(N2C[C@@H](C(=O)NCCc3ccccc3)CC2=O)cc1. The summed E-state index contributed by atoms with van der Waals surface area (Å²) in [7, 11) is 0. The molecule has 0 bridgehead atoms. The third-order valence-electron chi connectivity index (χ3n) is 6.32. The normalized spacial score (nSPS) is 15.0. The number of benzene rings is 3. The third kappa shape index (κ3) is 6.30. The second-order valence-electron chi connectivity index (χ2n) is 9.03. The topological polar surface area (TPSA) is 87.7 Å². The number of carbonyl (C=O) groups excluding carboxylic acids is 3. The van der Waals surface area contributed by atoms with E-state index >= 15 is 0 Å². The number of anilines is 2. The van der Waals surface area contributed by atoms with E-state index in [4.69, 9.17) is 4.74 Å². The average Bonchev–Trinajstić information content (AvgIpc) is 3.27. The number of nitrogens with one attached hydrogen (secondary N) is 2. The average molecular weight is 486 g/mol. The maximum absolute atomic E-state index is 12.6. The maximum Gasteiger partial charge on any atom is 0.262 e. The molecule has 1 aliphatic heterocycles. The molecule has 36 heavy (non-hydrogen) atoms. The van der Waals surface area contributed by atoms with Crippen molar-refractivity contribution in [2.45, 2.75) is 26.7 Å². The van der Waals surface area contributed by atoms with E-state index in [2.05, 4.69) is 10.6 Å². The van der Waals surface area contributed by atoms with Crippen molar-refractivity contribution >= 4 is 29.1 Å². The molecule has 1 aliphatic rings. The summed E-state index contributed by atoms with van der Waals surface area (Å²) in [6.45, 7) is 4.65. The van der Waals surface area contributed by atoms with E-state index in [0.717, 1.165) is 28.8 Å². The molecule has 0 aliphatic carbocycles. The van der Waals surface area contributed by atoms with Gasteiger partial charge in [-0.15, -0.1) is 0 Å². The van der Waals surface area contributed by atoms with Crippen molar-refractivity contribution in [3.63, 3.8) is 0 Å². The summed E-state index contributed by atoms with van der Waals surface area (Å²) >= 11 is 0. The minimum atomic E-state index is -0.377. The molecule has 0 aromatic heterocycles. The molecule has 0 radical (unpaired) electrons. The van der Waals surface area contributed by atoms with Gasteiger partial charge in [-0.05, 0) is 61.2 Å². The van der Waals surface area contributed by atoms with Gasteiger partial charge in [0.15, 0.2) is 6.61 Å². The first-order valence-electron chi connectivity index (χ1n) is 12.1. The minimum absolute atomic E-state index is 0.0835. The molecular weight excluding hydrogens is 454 g/mol. The van der Waals surface area contributed by atoms with Crippen molar-refractivity contribution in [3.8, 4) is 5.75 Å². The van der Waals surface area contributed by atoms with E-state index < -0.39 is 0 Å². The summed E-state index contributed by atoms with van der Waals surface area (Å²) in [5, 5.41) is 5.85. The molecule has 2 N–H and O–H groups in total. The van der Waals surface area contributed by atoms with Crippen LogP contribution >= 0.6 is 0 Å². The van der Waals surface area contributed by atoms with Crippen LogP contribution in [0.15, 0.2) is 72.8 Å². The van der Waals surface area contributed by atoms with Crippen LogP contribution in [0.4, 0.5) is 11.4 Å². The largest absolute Gasteiger partial charge is 0.484 e. The molecule has 3 aromatic rings. The molecule has 0 unspecified atom stereocenters. The van der Waals surface area contributed by atoms with Crippen LogP contribution in [0.2, 0.25) is 0 Å². The van der Waals surface area contributed by atoms with E-state index in [-0.39, 0.29) is 36.7 Å². The van der Waals surface area contributed by atoms with Crippen molar-refractivity contribution in [2.24, 2.45) is 5.92 Å². The fourth-order valence-electron chi connectivity index (χ4n) is 4.31. The van der Waals surface area contributed by atoms with Crippen LogP contribution in [0.1, 0.15) is 23.1 Å². The highest BCUT2D eigenvalue weighted by atomic mass is 16.5. The van der Waals surface area contributed by atoms with Gasteiger partial charge in [0, 0.05) is 30.9 Å². The summed E-state index contributed by atoms with van der Waals surface area (Å²) in [4.78, 5) is 39.1. The predicted molar refractivity (Wildman–Crippen MR) is 140 cm³/mol. The molecule has 1 fully saturated rings. The van der Waals surface area contributed by atoms with Crippen LogP contribution in [-0.2, 0) is 20.8 Å². The summed E-state index contributed by atoms with van der Waals surface area (Å²) in [5.41, 5.74) is 4.64. The lowest BCUT2D eigenvalue weighted by Crippen LogP contribution is -2.34. The Morgan fingerprint density at radius 1 is 0.944 bits per heavy atom. The molecular formula is C29H31N3O4. The Labute approximate surface area is 211 Å². The molecule has 7 heteroatoms. The number of nitrogens with zero attached hydrogens (tertiary/aromatic N) is 1. The Morgan fingerprint density at radius 3 is 2.33 bits per heavy atom. The lowest BCUT2D eigenvalue weighted by molar-refractivity contribution is -0.126. The lowest BCUT2D eigenvalue weighted by atomic mass is 10.1. The highest BCUT2D eigenvalue weighted by molar-refractivity contribution is 6.00. The Kier molecular flexibility index (Phi) is 8.00. The summed E-state index contributed by atoms with van der Waals surface area (Å²) in [6.07, 6.45) is 0.939. The zero-order valence-corrected chi connectivity index (χ0v) is 20.6. The number of ether oxygens (including phenoxy) is 1. The molecule has 1 saturated heterocycles. The van der Waals surface area contributed by atoms with Gasteiger partial charge in [0.25, 0.3) is 5.91 Å². The van der Waals surface area contributed by atoms with Crippen LogP contribution in [0, 0.1) is 19.8 Å². The van der Waals surface area contributed by atoms with Gasteiger partial charge in [-0.3, -0.25) is 14.4 Å². The first-order chi connectivity index (χ1) is 17.4. The van der Waals surface area contributed by atoms with Crippen molar-refractivity contribution in [1.82, 2.24) is 5.32 Å². The molecule has 4 rings (SSSR count). The quantitative estimate of drug-likeness (QED) is 0.479. The summed E-state index contributed by atoms with van der Waals surface area (Å²) < 4.78 is 5.62. The highest BCUT2D eigenvalue weighted by Crippen LogP contribution is 2.27. The van der Waals surface area contributed by atoms with Crippen molar-refractivity contribution < 1.29 is 19.1 Å². The predicted octanol–water partition coefficient (Wildman–Crippen LogP) is 4.03. The second-order valence-corrected chi connectivity index (χ2v) is 9.03. The van der Waals surface area contributed by atoms with Crippen LogP contribution in [0.5, 0.6) is 5.75 Å². The number of carbonyl (C=O) groups is 3. The van der Waals surface area contributed by atoms with Crippen molar-refractivity contribution in [1.29, 1.82) is 0 Å². The molecule has 0 saturated carbocycles. The lowest BCUT2D eigenvalue weighted by Gasteiger charge is -2.17. The third-order valence-corrected chi connectivity index (χ3v) is 6.32. The first kappa shape index (κ1) is 25.0. The zero-order chi connectivity index (χ0) is 25.5. The smallest absolute Gasteiger partial charge is 0.262 e. The Balaban J connectivity index is 1.25. The zero-order valence-electron chi connectivity index (χ0n) is 20.6. The van der Waals surface area contributed by atoms with Gasteiger partial charge in [-0.1, -0.05) is 48.5 Å². The van der Waals surface area contributed by atoms with E-state index in [1.54, 1.807) is 29.2 Å². The molecule has 7 nitrogen and oxygen atoms in total. The van der Waals surface area contributed by atoms with E-state index in [1.165, 1.54) is 0 Å². The van der Waals surface area contributed by atoms with Gasteiger partial charge in [0.2, 0.25) is 11.8 Å². The number of para-hydroxylation sites is 1. The van der Waals surface area contributed by atoms with Gasteiger partial charge >= 0.3 is 0 Å². The maximum atomic E-state index is 12.6. The summed E-state index contributed by atoms with van der Waals surface area (Å²) in [6, 6.07) is 22.8. The fraction of sp³-hybridized carbons (Fsp3) is 0.276. The van der Waals surface area contributed by atoms with Crippen molar-refractivity contribution in [3.05, 3.63) is 89.5 Å². The number of hydrogen-bond donors (Lipinski definition) is 2. The van der Waals surface area contributed by atoms with Gasteiger partial charge in [0.1, 0.15) is 5.75 Å². The van der Waals surface area contributed by atoms with E-state index in [1.807, 2.05) is 62.4 Å². The Bertz CT molecular complexity index is 1200. The fourth-order valence-corrected chi connectivity index (χ4v) is 4.31. The van der Waals surface area contributed by atoms with Gasteiger partial charge in [-0.2, -0.15) is 0 Å². The molecule has 1 atom stereocenters. The highest BCUT2D eigenvalue weighted by Gasteiger charge is 2.34. The monoisotopic (exact) mass is 485 g/mol. The minimum Gasteiger partial charge on any atom is -0.484 e. The molecule has 3 aromatic carbocycles. The van der Waals surface area contributed by atoms with Gasteiger partial charge in [-0.25, -0.2) is 0 Å².